The summed E-state index contributed by atoms with van der Waals surface area (Å²) in [4.78, 5) is 82.3. The Labute approximate surface area is 205 Å². The molecular formula is C19H32N6O9S. The second kappa shape index (κ2) is 16.3. The van der Waals surface area contributed by atoms with Crippen LogP contribution in [0.2, 0.25) is 0 Å². The van der Waals surface area contributed by atoms with Crippen molar-refractivity contribution in [3.63, 3.8) is 0 Å². The molecule has 5 amide bonds. The molecule has 0 aliphatic rings. The number of carboxylic acids is 2. The van der Waals surface area contributed by atoms with Gasteiger partial charge in [-0.3, -0.25) is 28.8 Å². The third-order valence-electron chi connectivity index (χ3n) is 4.59. The van der Waals surface area contributed by atoms with Gasteiger partial charge in [0.1, 0.15) is 18.1 Å². The monoisotopic (exact) mass is 520 g/mol. The molecule has 0 fully saturated rings. The fraction of sp³-hybridized carbons (Fsp3) is 0.632. The van der Waals surface area contributed by atoms with Gasteiger partial charge in [-0.05, 0) is 31.3 Å². The Bertz CT molecular complexity index is 810. The first kappa shape index (κ1) is 31.6. The lowest BCUT2D eigenvalue weighted by atomic mass is 10.1. The Morgan fingerprint density at radius 3 is 1.54 bits per heavy atom. The highest BCUT2D eigenvalue weighted by Gasteiger charge is 2.31. The van der Waals surface area contributed by atoms with Crippen LogP contribution >= 0.6 is 11.8 Å². The minimum absolute atomic E-state index is 0.233. The molecule has 4 unspecified atom stereocenters. The Morgan fingerprint density at radius 2 is 1.17 bits per heavy atom. The molecule has 0 aromatic rings. The number of carbonyl (C=O) groups is 7. The molecule has 35 heavy (non-hydrogen) atoms. The standard InChI is InChI=1S/C19H32N6O9S/c1-35-7-6-9(20)16(30)23-10(2-4-13(21)26)17(31)24-11(3-5-14(22)27)18(32)25-12(19(33)34)8-15(28)29/h9-12H,2-8,20H2,1H3,(H2,21,26)(H2,22,27)(H,23,30)(H,24,31)(H,25,32)(H,28,29)(H,33,34). The Hall–Kier alpha value is -3.40. The quantitative estimate of drug-likeness (QED) is 0.0882. The normalized spacial score (nSPS) is 14.0. The zero-order valence-corrected chi connectivity index (χ0v) is 20.0. The third-order valence-corrected chi connectivity index (χ3v) is 5.23. The van der Waals surface area contributed by atoms with Crippen LogP contribution in [-0.2, 0) is 33.6 Å². The number of thioether (sulfide) groups is 1. The molecule has 0 bridgehead atoms. The highest BCUT2D eigenvalue weighted by molar-refractivity contribution is 7.98. The molecular weight excluding hydrogens is 488 g/mol. The molecule has 15 nitrogen and oxygen atoms in total. The van der Waals surface area contributed by atoms with Crippen LogP contribution in [0.15, 0.2) is 0 Å². The molecule has 16 heteroatoms. The molecule has 0 aliphatic carbocycles. The van der Waals surface area contributed by atoms with Gasteiger partial charge < -0.3 is 43.4 Å². The lowest BCUT2D eigenvalue weighted by Crippen LogP contribution is -2.57. The molecule has 11 N–H and O–H groups in total. The summed E-state index contributed by atoms with van der Waals surface area (Å²) >= 11 is 1.46. The number of hydrogen-bond donors (Lipinski definition) is 8. The average Bonchev–Trinajstić information content (AvgIpc) is 2.75. The maximum Gasteiger partial charge on any atom is 0.326 e. The first-order valence-corrected chi connectivity index (χ1v) is 11.8. The number of carboxylic acid groups (broad SMARTS) is 2. The van der Waals surface area contributed by atoms with E-state index in [4.69, 9.17) is 27.4 Å². The van der Waals surface area contributed by atoms with Crippen LogP contribution in [0.1, 0.15) is 38.5 Å². The van der Waals surface area contributed by atoms with Gasteiger partial charge in [0.05, 0.1) is 12.5 Å². The average molecular weight is 521 g/mol. The molecule has 0 saturated carbocycles. The molecule has 4 atom stereocenters. The van der Waals surface area contributed by atoms with Crippen molar-refractivity contribution in [1.29, 1.82) is 0 Å². The van der Waals surface area contributed by atoms with Crippen molar-refractivity contribution in [1.82, 2.24) is 16.0 Å². The van der Waals surface area contributed by atoms with Crippen molar-refractivity contribution >= 4 is 53.2 Å². The summed E-state index contributed by atoms with van der Waals surface area (Å²) in [7, 11) is 0. The largest absolute Gasteiger partial charge is 0.481 e. The van der Waals surface area contributed by atoms with E-state index in [9.17, 15) is 33.6 Å². The van der Waals surface area contributed by atoms with Crippen LogP contribution in [0.4, 0.5) is 0 Å². The van der Waals surface area contributed by atoms with Gasteiger partial charge in [-0.2, -0.15) is 11.8 Å². The summed E-state index contributed by atoms with van der Waals surface area (Å²) < 4.78 is 0. The molecule has 0 aliphatic heterocycles. The summed E-state index contributed by atoms with van der Waals surface area (Å²) in [5, 5.41) is 24.6. The van der Waals surface area contributed by atoms with E-state index in [0.717, 1.165) is 0 Å². The smallest absolute Gasteiger partial charge is 0.326 e. The van der Waals surface area contributed by atoms with Crippen molar-refractivity contribution in [3.8, 4) is 0 Å². The van der Waals surface area contributed by atoms with E-state index in [2.05, 4.69) is 10.6 Å². The van der Waals surface area contributed by atoms with Crippen molar-refractivity contribution in [2.45, 2.75) is 62.7 Å². The molecule has 0 aromatic heterocycles. The van der Waals surface area contributed by atoms with Crippen LogP contribution in [0.3, 0.4) is 0 Å². The molecule has 0 rings (SSSR count). The lowest BCUT2D eigenvalue weighted by Gasteiger charge is -2.24. The molecule has 0 spiro atoms. The van der Waals surface area contributed by atoms with Crippen LogP contribution in [0.5, 0.6) is 0 Å². The highest BCUT2D eigenvalue weighted by atomic mass is 32.2. The van der Waals surface area contributed by atoms with Crippen molar-refractivity contribution < 1.29 is 43.8 Å². The fourth-order valence-electron chi connectivity index (χ4n) is 2.68. The Kier molecular flexibility index (Phi) is 14.7. The van der Waals surface area contributed by atoms with Gasteiger partial charge in [0.25, 0.3) is 0 Å². The maximum atomic E-state index is 12.9. The van der Waals surface area contributed by atoms with E-state index in [1.807, 2.05) is 11.6 Å². The minimum atomic E-state index is -1.81. The van der Waals surface area contributed by atoms with Gasteiger partial charge in [-0.25, -0.2) is 4.79 Å². The van der Waals surface area contributed by atoms with E-state index < -0.39 is 72.1 Å². The summed E-state index contributed by atoms with van der Waals surface area (Å²) in [6.07, 6.45) is -0.0809. The van der Waals surface area contributed by atoms with E-state index in [1.165, 1.54) is 11.8 Å². The van der Waals surface area contributed by atoms with Crippen molar-refractivity contribution in [2.75, 3.05) is 12.0 Å². The zero-order chi connectivity index (χ0) is 27.1. The SMILES string of the molecule is CSCCC(N)C(=O)NC(CCC(N)=O)C(=O)NC(CCC(N)=O)C(=O)NC(CC(=O)O)C(=O)O. The van der Waals surface area contributed by atoms with Gasteiger partial charge in [0.2, 0.25) is 29.5 Å². The number of amides is 5. The van der Waals surface area contributed by atoms with E-state index in [-0.39, 0.29) is 25.7 Å². The van der Waals surface area contributed by atoms with Crippen LogP contribution in [-0.4, -0.2) is 87.9 Å². The van der Waals surface area contributed by atoms with E-state index >= 15 is 0 Å². The van der Waals surface area contributed by atoms with Gasteiger partial charge in [0.15, 0.2) is 0 Å². The van der Waals surface area contributed by atoms with Gasteiger partial charge in [-0.1, -0.05) is 0 Å². The number of nitrogens with two attached hydrogens (primary N) is 3. The predicted octanol–water partition coefficient (Wildman–Crippen LogP) is -3.39. The van der Waals surface area contributed by atoms with Crippen LogP contribution < -0.4 is 33.2 Å². The van der Waals surface area contributed by atoms with Gasteiger partial charge in [0, 0.05) is 12.8 Å². The van der Waals surface area contributed by atoms with E-state index in [1.54, 1.807) is 0 Å². The summed E-state index contributed by atoms with van der Waals surface area (Å²) in [6, 6.07) is -5.61. The number of hydrogen-bond acceptors (Lipinski definition) is 9. The molecule has 0 heterocycles. The number of primary amides is 2. The Balaban J connectivity index is 5.61. The first-order chi connectivity index (χ1) is 16.3. The summed E-state index contributed by atoms with van der Waals surface area (Å²) in [5.74, 6) is -6.86. The second-order valence-corrected chi connectivity index (χ2v) is 8.50. The second-order valence-electron chi connectivity index (χ2n) is 7.52. The zero-order valence-electron chi connectivity index (χ0n) is 19.2. The fourth-order valence-corrected chi connectivity index (χ4v) is 3.17. The van der Waals surface area contributed by atoms with Crippen LogP contribution in [0, 0.1) is 0 Å². The molecule has 0 radical (unpaired) electrons. The third kappa shape index (κ3) is 13.8. The van der Waals surface area contributed by atoms with Crippen molar-refractivity contribution in [3.05, 3.63) is 0 Å². The van der Waals surface area contributed by atoms with Gasteiger partial charge >= 0.3 is 11.9 Å². The number of aliphatic carboxylic acids is 2. The number of rotatable bonds is 18. The summed E-state index contributed by atoms with van der Waals surface area (Å²) in [6.45, 7) is 0. The van der Waals surface area contributed by atoms with Gasteiger partial charge in [-0.15, -0.1) is 0 Å². The predicted molar refractivity (Wildman–Crippen MR) is 124 cm³/mol. The number of carbonyl (C=O) groups excluding carboxylic acids is 5. The lowest BCUT2D eigenvalue weighted by molar-refractivity contribution is -0.147. The first-order valence-electron chi connectivity index (χ1n) is 10.4. The molecule has 0 saturated heterocycles. The molecule has 198 valence electrons. The van der Waals surface area contributed by atoms with Crippen molar-refractivity contribution in [2.24, 2.45) is 17.2 Å². The maximum absolute atomic E-state index is 12.9. The molecule has 0 aromatic carbocycles. The summed E-state index contributed by atoms with van der Waals surface area (Å²) in [5.41, 5.74) is 16.0. The Morgan fingerprint density at radius 1 is 0.743 bits per heavy atom. The van der Waals surface area contributed by atoms with E-state index in [0.29, 0.717) is 12.2 Å². The van der Waals surface area contributed by atoms with Crippen LogP contribution in [0.25, 0.3) is 0 Å². The number of nitrogens with one attached hydrogen (secondary N) is 3. The topological polar surface area (TPSA) is 274 Å². The minimum Gasteiger partial charge on any atom is -0.481 e. The highest BCUT2D eigenvalue weighted by Crippen LogP contribution is 2.06.